The van der Waals surface area contributed by atoms with Crippen molar-refractivity contribution < 1.29 is 13.2 Å². The van der Waals surface area contributed by atoms with Gasteiger partial charge in [0, 0.05) is 17.3 Å². The number of benzene rings is 2. The standard InChI is InChI=1S/C23H25N5O3S/c1-23(2,3)20-13-19(22(29)27-32(30,31)18-9-5-8-17(24)12-18)28(26-20)14-16-7-4-6-15-10-11-25-21(15)16/h4-13,25H,14,24H2,1-3H3,(H,27,29). The number of rotatable bonds is 5. The van der Waals surface area contributed by atoms with Gasteiger partial charge in [-0.25, -0.2) is 13.1 Å². The monoisotopic (exact) mass is 451 g/mol. The van der Waals surface area contributed by atoms with Gasteiger partial charge in [-0.1, -0.05) is 45.0 Å². The molecule has 0 bridgehead atoms. The minimum absolute atomic E-state index is 0.0795. The number of H-pyrrole nitrogens is 1. The average molecular weight is 452 g/mol. The summed E-state index contributed by atoms with van der Waals surface area (Å²) in [7, 11) is -4.10. The van der Waals surface area contributed by atoms with Crippen molar-refractivity contribution in [3.05, 3.63) is 77.7 Å². The molecule has 0 aliphatic rings. The fourth-order valence-electron chi connectivity index (χ4n) is 3.44. The Hall–Kier alpha value is -3.59. The maximum atomic E-state index is 13.1. The first kappa shape index (κ1) is 21.6. The van der Waals surface area contributed by atoms with Gasteiger partial charge in [-0.2, -0.15) is 5.10 Å². The lowest BCUT2D eigenvalue weighted by Gasteiger charge is -2.14. The Morgan fingerprint density at radius 1 is 1.12 bits per heavy atom. The third-order valence-corrected chi connectivity index (χ3v) is 6.50. The van der Waals surface area contributed by atoms with Gasteiger partial charge in [0.05, 0.1) is 22.7 Å². The number of aromatic amines is 1. The van der Waals surface area contributed by atoms with Crippen LogP contribution in [-0.2, 0) is 22.0 Å². The van der Waals surface area contributed by atoms with Gasteiger partial charge in [-0.15, -0.1) is 0 Å². The van der Waals surface area contributed by atoms with Crippen LogP contribution in [0.25, 0.3) is 10.9 Å². The van der Waals surface area contributed by atoms with Gasteiger partial charge in [-0.3, -0.25) is 9.48 Å². The molecule has 2 heterocycles. The molecule has 9 heteroatoms. The third-order valence-electron chi connectivity index (χ3n) is 5.17. The number of hydrogen-bond donors (Lipinski definition) is 3. The van der Waals surface area contributed by atoms with Gasteiger partial charge < -0.3 is 10.7 Å². The molecule has 4 N–H and O–H groups in total. The summed E-state index contributed by atoms with van der Waals surface area (Å²) in [6.45, 7) is 6.25. The van der Waals surface area contributed by atoms with E-state index >= 15 is 0 Å². The molecule has 2 aromatic heterocycles. The molecule has 0 aliphatic carbocycles. The zero-order valence-electron chi connectivity index (χ0n) is 18.1. The van der Waals surface area contributed by atoms with E-state index < -0.39 is 15.9 Å². The highest BCUT2D eigenvalue weighted by molar-refractivity contribution is 7.90. The number of amides is 1. The zero-order valence-corrected chi connectivity index (χ0v) is 18.9. The lowest BCUT2D eigenvalue weighted by atomic mass is 9.92. The van der Waals surface area contributed by atoms with Gasteiger partial charge in [0.2, 0.25) is 0 Å². The van der Waals surface area contributed by atoms with Gasteiger partial charge in [0.1, 0.15) is 5.69 Å². The van der Waals surface area contributed by atoms with E-state index in [1.165, 1.54) is 18.2 Å². The van der Waals surface area contributed by atoms with Crippen LogP contribution in [0.15, 0.2) is 65.7 Å². The second kappa shape index (κ2) is 7.83. The van der Waals surface area contributed by atoms with E-state index in [-0.39, 0.29) is 16.0 Å². The molecule has 0 unspecified atom stereocenters. The number of nitrogens with two attached hydrogens (primary N) is 1. The van der Waals surface area contributed by atoms with Gasteiger partial charge in [0.25, 0.3) is 15.9 Å². The van der Waals surface area contributed by atoms with Crippen molar-refractivity contribution in [2.45, 2.75) is 37.6 Å². The average Bonchev–Trinajstić information content (AvgIpc) is 3.35. The first-order valence-electron chi connectivity index (χ1n) is 10.1. The highest BCUT2D eigenvalue weighted by Crippen LogP contribution is 2.24. The molecule has 0 saturated carbocycles. The lowest BCUT2D eigenvalue weighted by Crippen LogP contribution is -2.32. The van der Waals surface area contributed by atoms with Crippen molar-refractivity contribution >= 4 is 32.5 Å². The topological polar surface area (TPSA) is 123 Å². The molecule has 32 heavy (non-hydrogen) atoms. The Morgan fingerprint density at radius 3 is 2.59 bits per heavy atom. The maximum absolute atomic E-state index is 13.1. The zero-order chi connectivity index (χ0) is 23.1. The number of nitrogen functional groups attached to an aromatic ring is 1. The van der Waals surface area contributed by atoms with E-state index in [9.17, 15) is 13.2 Å². The summed E-state index contributed by atoms with van der Waals surface area (Å²) < 4.78 is 29.2. The van der Waals surface area contributed by atoms with Crippen molar-refractivity contribution in [1.82, 2.24) is 19.5 Å². The molecule has 2 aromatic carbocycles. The van der Waals surface area contributed by atoms with Crippen LogP contribution in [0.4, 0.5) is 5.69 Å². The van der Waals surface area contributed by atoms with E-state index in [1.807, 2.05) is 51.2 Å². The molecular weight excluding hydrogens is 426 g/mol. The molecule has 0 saturated heterocycles. The quantitative estimate of drug-likeness (QED) is 0.401. The Labute approximate surface area is 186 Å². The predicted octanol–water partition coefficient (Wildman–Crippen LogP) is 3.41. The number of fused-ring (bicyclic) bond motifs is 1. The Balaban J connectivity index is 1.72. The second-order valence-electron chi connectivity index (χ2n) is 8.69. The second-order valence-corrected chi connectivity index (χ2v) is 10.4. The largest absolute Gasteiger partial charge is 0.399 e. The van der Waals surface area contributed by atoms with Gasteiger partial charge >= 0.3 is 0 Å². The minimum atomic E-state index is -4.10. The Bertz CT molecular complexity index is 1410. The predicted molar refractivity (Wildman–Crippen MR) is 124 cm³/mol. The molecule has 0 spiro atoms. The number of anilines is 1. The van der Waals surface area contributed by atoms with Crippen LogP contribution in [0.5, 0.6) is 0 Å². The number of hydrogen-bond acceptors (Lipinski definition) is 5. The van der Waals surface area contributed by atoms with Gasteiger partial charge in [0.15, 0.2) is 0 Å². The number of nitrogens with zero attached hydrogens (tertiary/aromatic N) is 2. The summed E-state index contributed by atoms with van der Waals surface area (Å²) >= 11 is 0. The fraction of sp³-hybridized carbons (Fsp3) is 0.217. The molecule has 0 fully saturated rings. The summed E-state index contributed by atoms with van der Waals surface area (Å²) in [5.74, 6) is -0.755. The smallest absolute Gasteiger partial charge is 0.283 e. The SMILES string of the molecule is CC(C)(C)c1cc(C(=O)NS(=O)(=O)c2cccc(N)c2)n(Cc2cccc3cc[nH]c23)n1. The van der Waals surface area contributed by atoms with Gasteiger partial charge in [-0.05, 0) is 41.3 Å². The maximum Gasteiger partial charge on any atom is 0.283 e. The number of sulfonamides is 1. The third kappa shape index (κ3) is 4.24. The minimum Gasteiger partial charge on any atom is -0.399 e. The number of carbonyl (C=O) groups excluding carboxylic acids is 1. The Morgan fingerprint density at radius 2 is 1.88 bits per heavy atom. The van der Waals surface area contributed by atoms with E-state index in [4.69, 9.17) is 5.73 Å². The highest BCUT2D eigenvalue weighted by atomic mass is 32.2. The summed E-state index contributed by atoms with van der Waals surface area (Å²) in [6.07, 6.45) is 1.85. The Kier molecular flexibility index (Phi) is 5.29. The van der Waals surface area contributed by atoms with E-state index in [2.05, 4.69) is 14.8 Å². The van der Waals surface area contributed by atoms with Crippen molar-refractivity contribution in [2.75, 3.05) is 5.73 Å². The van der Waals surface area contributed by atoms with E-state index in [0.29, 0.717) is 17.9 Å². The van der Waals surface area contributed by atoms with Crippen molar-refractivity contribution in [1.29, 1.82) is 0 Å². The molecule has 8 nitrogen and oxygen atoms in total. The number of carbonyl (C=O) groups is 1. The fourth-order valence-corrected chi connectivity index (χ4v) is 4.46. The van der Waals surface area contributed by atoms with E-state index in [0.717, 1.165) is 16.5 Å². The number of nitrogens with one attached hydrogen (secondary N) is 2. The number of para-hydroxylation sites is 1. The van der Waals surface area contributed by atoms with Crippen LogP contribution < -0.4 is 10.5 Å². The number of aromatic nitrogens is 3. The summed E-state index contributed by atoms with van der Waals surface area (Å²) in [5, 5.41) is 5.68. The molecular formula is C23H25N5O3S. The first-order valence-corrected chi connectivity index (χ1v) is 11.6. The van der Waals surface area contributed by atoms with E-state index in [1.54, 1.807) is 16.8 Å². The molecule has 4 aromatic rings. The molecule has 1 amide bonds. The van der Waals surface area contributed by atoms with Crippen LogP contribution in [0.2, 0.25) is 0 Å². The molecule has 0 radical (unpaired) electrons. The lowest BCUT2D eigenvalue weighted by molar-refractivity contribution is 0.0971. The van der Waals surface area contributed by atoms with Crippen LogP contribution in [0.3, 0.4) is 0 Å². The van der Waals surface area contributed by atoms with Crippen molar-refractivity contribution in [2.24, 2.45) is 0 Å². The molecule has 0 aliphatic heterocycles. The summed E-state index contributed by atoms with van der Waals surface area (Å²) in [4.78, 5) is 16.2. The van der Waals surface area contributed by atoms with Crippen molar-refractivity contribution in [3.8, 4) is 0 Å². The highest BCUT2D eigenvalue weighted by Gasteiger charge is 2.26. The summed E-state index contributed by atoms with van der Waals surface area (Å²) in [6, 6.07) is 15.3. The van der Waals surface area contributed by atoms with Crippen LogP contribution >= 0.6 is 0 Å². The molecule has 4 rings (SSSR count). The summed E-state index contributed by atoms with van der Waals surface area (Å²) in [5.41, 5.74) is 8.38. The van der Waals surface area contributed by atoms with Crippen LogP contribution in [-0.4, -0.2) is 29.1 Å². The van der Waals surface area contributed by atoms with Crippen LogP contribution in [0, 0.1) is 0 Å². The normalized spacial score (nSPS) is 12.2. The first-order chi connectivity index (χ1) is 15.0. The van der Waals surface area contributed by atoms with Crippen molar-refractivity contribution in [3.63, 3.8) is 0 Å². The molecule has 0 atom stereocenters. The molecule has 166 valence electrons. The van der Waals surface area contributed by atoms with Crippen LogP contribution in [0.1, 0.15) is 42.5 Å².